The Hall–Kier alpha value is -0.820. The summed E-state index contributed by atoms with van der Waals surface area (Å²) in [4.78, 5) is 14.8. The normalized spacial score (nSPS) is 30.7. The fourth-order valence-electron chi connectivity index (χ4n) is 2.70. The van der Waals surface area contributed by atoms with Gasteiger partial charge in [-0.2, -0.15) is 0 Å². The van der Waals surface area contributed by atoms with E-state index in [1.165, 1.54) is 0 Å². The van der Waals surface area contributed by atoms with E-state index in [1.807, 2.05) is 11.9 Å². The molecular formula is C12H20BrN3O3. The molecule has 2 saturated heterocycles. The summed E-state index contributed by atoms with van der Waals surface area (Å²) >= 11 is 3.13. The lowest BCUT2D eigenvalue weighted by Crippen LogP contribution is -2.48. The molecule has 0 aromatic heterocycles. The molecule has 2 fully saturated rings. The van der Waals surface area contributed by atoms with Gasteiger partial charge in [-0.05, 0) is 19.8 Å². The number of nitrogens with zero attached hydrogens (tertiary/aromatic N) is 3. The minimum absolute atomic E-state index is 0.0560. The molecule has 108 valence electrons. The second-order valence-electron chi connectivity index (χ2n) is 5.31. The van der Waals surface area contributed by atoms with Crippen molar-refractivity contribution >= 4 is 15.9 Å². The van der Waals surface area contributed by atoms with Crippen molar-refractivity contribution in [3.63, 3.8) is 0 Å². The Morgan fingerprint density at radius 3 is 2.89 bits per heavy atom. The maximum atomic E-state index is 11.1. The molecule has 0 bridgehead atoms. The minimum Gasteiger partial charge on any atom is -0.381 e. The van der Waals surface area contributed by atoms with Crippen LogP contribution in [0.15, 0.2) is 10.4 Å². The molecule has 2 atom stereocenters. The van der Waals surface area contributed by atoms with E-state index >= 15 is 0 Å². The van der Waals surface area contributed by atoms with Crippen molar-refractivity contribution in [3.8, 4) is 0 Å². The van der Waals surface area contributed by atoms with Gasteiger partial charge in [-0.3, -0.25) is 10.1 Å². The summed E-state index contributed by atoms with van der Waals surface area (Å²) in [5.41, 5.74) is 0. The first-order chi connectivity index (χ1) is 9.00. The van der Waals surface area contributed by atoms with E-state index in [0.717, 1.165) is 39.1 Å². The molecule has 0 saturated carbocycles. The Morgan fingerprint density at radius 2 is 2.32 bits per heavy atom. The van der Waals surface area contributed by atoms with Crippen molar-refractivity contribution in [1.82, 2.24) is 9.80 Å². The highest BCUT2D eigenvalue weighted by atomic mass is 79.9. The lowest BCUT2D eigenvalue weighted by molar-refractivity contribution is -0.412. The smallest absolute Gasteiger partial charge is 0.350 e. The second kappa shape index (κ2) is 6.09. The third kappa shape index (κ3) is 3.20. The Kier molecular flexibility index (Phi) is 4.67. The topological polar surface area (TPSA) is 58.8 Å². The monoisotopic (exact) mass is 333 g/mol. The molecule has 7 heteroatoms. The molecule has 0 radical (unpaired) electrons. The Bertz CT molecular complexity index is 382. The van der Waals surface area contributed by atoms with Gasteiger partial charge in [-0.15, -0.1) is 0 Å². The van der Waals surface area contributed by atoms with E-state index in [-0.39, 0.29) is 9.53 Å². The summed E-state index contributed by atoms with van der Waals surface area (Å²) in [7, 11) is 1.91. The highest BCUT2D eigenvalue weighted by molar-refractivity contribution is 9.11. The van der Waals surface area contributed by atoms with E-state index in [9.17, 15) is 10.1 Å². The van der Waals surface area contributed by atoms with E-state index < -0.39 is 0 Å². The van der Waals surface area contributed by atoms with Gasteiger partial charge >= 0.3 is 4.61 Å². The van der Waals surface area contributed by atoms with Crippen molar-refractivity contribution in [2.45, 2.75) is 25.8 Å². The first-order valence-electron chi connectivity index (χ1n) is 6.60. The average molecular weight is 334 g/mol. The van der Waals surface area contributed by atoms with Gasteiger partial charge in [-0.25, -0.2) is 0 Å². The summed E-state index contributed by atoms with van der Waals surface area (Å²) in [6, 6.07) is 0.319. The van der Waals surface area contributed by atoms with Gasteiger partial charge in [0, 0.05) is 54.6 Å². The van der Waals surface area contributed by atoms with Crippen molar-refractivity contribution in [1.29, 1.82) is 0 Å². The number of hydrogen-bond acceptors (Lipinski definition) is 5. The summed E-state index contributed by atoms with van der Waals surface area (Å²) in [5, 5.41) is 11.1. The molecule has 0 aromatic rings. The molecule has 0 spiro atoms. The van der Waals surface area contributed by atoms with Crippen molar-refractivity contribution < 1.29 is 9.66 Å². The lowest BCUT2D eigenvalue weighted by atomic mass is 10.0. The number of halogens is 1. The Morgan fingerprint density at radius 1 is 1.58 bits per heavy atom. The van der Waals surface area contributed by atoms with Crippen LogP contribution in [0.5, 0.6) is 0 Å². The first kappa shape index (κ1) is 14.6. The van der Waals surface area contributed by atoms with Crippen LogP contribution in [0, 0.1) is 16.0 Å². The van der Waals surface area contributed by atoms with Gasteiger partial charge < -0.3 is 14.5 Å². The average Bonchev–Trinajstić information content (AvgIpc) is 2.86. The second-order valence-corrected chi connectivity index (χ2v) is 6.06. The predicted molar refractivity (Wildman–Crippen MR) is 75.3 cm³/mol. The fraction of sp³-hybridized carbons (Fsp3) is 0.833. The van der Waals surface area contributed by atoms with Gasteiger partial charge in [0.05, 0.1) is 11.5 Å². The summed E-state index contributed by atoms with van der Waals surface area (Å²) in [6.45, 7) is 5.36. The molecule has 2 rings (SSSR count). The van der Waals surface area contributed by atoms with E-state index in [2.05, 4.69) is 27.8 Å². The summed E-state index contributed by atoms with van der Waals surface area (Å²) in [5.74, 6) is 1.16. The van der Waals surface area contributed by atoms with Gasteiger partial charge in [0.15, 0.2) is 5.82 Å². The van der Waals surface area contributed by atoms with Crippen LogP contribution in [0.3, 0.4) is 0 Å². The fourth-order valence-corrected chi connectivity index (χ4v) is 3.23. The molecule has 0 aliphatic carbocycles. The van der Waals surface area contributed by atoms with Crippen LogP contribution in [0.1, 0.15) is 19.8 Å². The minimum atomic E-state index is -0.359. The zero-order chi connectivity index (χ0) is 14.0. The molecule has 0 N–H and O–H groups in total. The maximum absolute atomic E-state index is 11.1. The SMILES string of the molecule is CC1CCN(C)C(=C(Br)[N+](=O)[O-])N1CC1CCOC1. The standard InChI is InChI=1S/C12H20BrN3O3/c1-9-3-5-14(2)12(11(13)16(17)18)15(9)7-10-4-6-19-8-10/h9-10H,3-8H2,1-2H3. The summed E-state index contributed by atoms with van der Waals surface area (Å²) in [6.07, 6.45) is 2.06. The first-order valence-corrected chi connectivity index (χ1v) is 7.39. The van der Waals surface area contributed by atoms with Gasteiger partial charge in [0.25, 0.3) is 0 Å². The van der Waals surface area contributed by atoms with Gasteiger partial charge in [0.2, 0.25) is 0 Å². The van der Waals surface area contributed by atoms with Crippen LogP contribution >= 0.6 is 15.9 Å². The number of hydrogen-bond donors (Lipinski definition) is 0. The van der Waals surface area contributed by atoms with E-state index in [4.69, 9.17) is 4.74 Å². The van der Waals surface area contributed by atoms with Crippen LogP contribution in [0.4, 0.5) is 0 Å². The third-order valence-electron chi connectivity index (χ3n) is 3.87. The largest absolute Gasteiger partial charge is 0.381 e. The summed E-state index contributed by atoms with van der Waals surface area (Å²) < 4.78 is 5.46. The Balaban J connectivity index is 2.22. The lowest BCUT2D eigenvalue weighted by Gasteiger charge is -2.43. The molecule has 0 amide bonds. The van der Waals surface area contributed by atoms with E-state index in [0.29, 0.717) is 17.8 Å². The van der Waals surface area contributed by atoms with Gasteiger partial charge in [-0.1, -0.05) is 0 Å². The van der Waals surface area contributed by atoms with Crippen LogP contribution in [0.2, 0.25) is 0 Å². The molecular weight excluding hydrogens is 314 g/mol. The molecule has 6 nitrogen and oxygen atoms in total. The van der Waals surface area contributed by atoms with Crippen LogP contribution in [0.25, 0.3) is 0 Å². The third-order valence-corrected chi connectivity index (χ3v) is 4.52. The van der Waals surface area contributed by atoms with Crippen LogP contribution < -0.4 is 0 Å². The van der Waals surface area contributed by atoms with Crippen molar-refractivity contribution in [3.05, 3.63) is 20.5 Å². The molecule has 2 unspecified atom stereocenters. The molecule has 19 heavy (non-hydrogen) atoms. The molecule has 2 aliphatic rings. The zero-order valence-electron chi connectivity index (χ0n) is 11.3. The predicted octanol–water partition coefficient (Wildman–Crippen LogP) is 1.85. The zero-order valence-corrected chi connectivity index (χ0v) is 12.9. The number of rotatable bonds is 3. The number of ether oxygens (including phenoxy) is 1. The molecule has 2 heterocycles. The van der Waals surface area contributed by atoms with Crippen LogP contribution in [-0.4, -0.2) is 54.1 Å². The Labute approximate surface area is 121 Å². The highest BCUT2D eigenvalue weighted by Gasteiger charge is 2.34. The van der Waals surface area contributed by atoms with E-state index in [1.54, 1.807) is 0 Å². The van der Waals surface area contributed by atoms with Crippen LogP contribution in [-0.2, 0) is 4.74 Å². The number of nitro groups is 1. The van der Waals surface area contributed by atoms with Crippen molar-refractivity contribution in [2.75, 3.05) is 33.4 Å². The highest BCUT2D eigenvalue weighted by Crippen LogP contribution is 2.29. The van der Waals surface area contributed by atoms with Crippen molar-refractivity contribution in [2.24, 2.45) is 5.92 Å². The maximum Gasteiger partial charge on any atom is 0.350 e. The van der Waals surface area contributed by atoms with Gasteiger partial charge in [0.1, 0.15) is 0 Å². The quantitative estimate of drug-likeness (QED) is 0.448. The molecule has 0 aromatic carbocycles. The molecule has 2 aliphatic heterocycles.